The fourth-order valence-corrected chi connectivity index (χ4v) is 2.79. The van der Waals surface area contributed by atoms with Gasteiger partial charge in [-0.05, 0) is 29.3 Å². The van der Waals surface area contributed by atoms with E-state index in [1.54, 1.807) is 45.5 Å². The molecule has 0 aliphatic heterocycles. The van der Waals surface area contributed by atoms with Gasteiger partial charge in [0.05, 0.1) is 11.8 Å². The Labute approximate surface area is 180 Å². The van der Waals surface area contributed by atoms with Crippen molar-refractivity contribution in [2.24, 2.45) is 5.16 Å². The number of halogens is 1. The van der Waals surface area contributed by atoms with Gasteiger partial charge in [0.1, 0.15) is 5.15 Å². The van der Waals surface area contributed by atoms with Gasteiger partial charge < -0.3 is 14.9 Å². The van der Waals surface area contributed by atoms with E-state index in [1.165, 1.54) is 0 Å². The summed E-state index contributed by atoms with van der Waals surface area (Å²) < 4.78 is 5.15. The van der Waals surface area contributed by atoms with Crippen LogP contribution in [0.4, 0.5) is 5.69 Å². The fourth-order valence-electron chi connectivity index (χ4n) is 2.59. The first-order valence-electron chi connectivity index (χ1n) is 9.27. The zero-order chi connectivity index (χ0) is 21.6. The van der Waals surface area contributed by atoms with E-state index >= 15 is 0 Å². The number of nitrogens with zero attached hydrogens (tertiary/aromatic N) is 2. The van der Waals surface area contributed by atoms with E-state index in [1.807, 2.05) is 48.5 Å². The smallest absolute Gasteiger partial charge is 0.258 e. The number of rotatable bonds is 7. The highest BCUT2D eigenvalue weighted by Crippen LogP contribution is 2.28. The molecule has 0 aliphatic rings. The molecule has 0 saturated carbocycles. The lowest BCUT2D eigenvalue weighted by Crippen LogP contribution is -2.24. The highest BCUT2D eigenvalue weighted by molar-refractivity contribution is 6.33. The van der Waals surface area contributed by atoms with E-state index in [0.29, 0.717) is 11.3 Å². The van der Waals surface area contributed by atoms with Crippen LogP contribution in [-0.4, -0.2) is 30.0 Å². The van der Waals surface area contributed by atoms with Crippen LogP contribution < -0.4 is 5.32 Å². The molecule has 0 bridgehead atoms. The summed E-state index contributed by atoms with van der Waals surface area (Å²) in [6, 6.07) is 18.6. The van der Waals surface area contributed by atoms with Gasteiger partial charge in [-0.25, -0.2) is 4.98 Å². The van der Waals surface area contributed by atoms with Crippen LogP contribution in [0, 0.1) is 0 Å². The summed E-state index contributed by atoms with van der Waals surface area (Å²) in [4.78, 5) is 21.9. The summed E-state index contributed by atoms with van der Waals surface area (Å²) in [6.45, 7) is 3.55. The molecule has 1 N–H and O–H groups in total. The number of hydrogen-bond donors (Lipinski definition) is 1. The van der Waals surface area contributed by atoms with Crippen LogP contribution in [0.1, 0.15) is 29.8 Å². The Bertz CT molecular complexity index is 1050. The third-order valence-electron chi connectivity index (χ3n) is 4.37. The van der Waals surface area contributed by atoms with Gasteiger partial charge in [0.2, 0.25) is 5.79 Å². The Morgan fingerprint density at radius 2 is 1.83 bits per heavy atom. The van der Waals surface area contributed by atoms with E-state index < -0.39 is 5.79 Å². The third-order valence-corrected chi connectivity index (χ3v) is 4.67. The Morgan fingerprint density at radius 3 is 2.53 bits per heavy atom. The van der Waals surface area contributed by atoms with Gasteiger partial charge in [-0.15, -0.1) is 0 Å². The highest BCUT2D eigenvalue weighted by atomic mass is 35.5. The van der Waals surface area contributed by atoms with Gasteiger partial charge in [-0.3, -0.25) is 4.79 Å². The molecule has 6 nitrogen and oxygen atoms in total. The van der Waals surface area contributed by atoms with Crippen molar-refractivity contribution in [3.8, 4) is 11.1 Å². The first-order chi connectivity index (χ1) is 14.4. The number of carbonyl (C=O) groups excluding carboxylic acids is 1. The van der Waals surface area contributed by atoms with Crippen molar-refractivity contribution in [3.63, 3.8) is 0 Å². The number of hydrogen-bond acceptors (Lipinski definition) is 5. The number of aromatic nitrogens is 1. The number of benzene rings is 2. The van der Waals surface area contributed by atoms with Crippen LogP contribution >= 0.6 is 11.6 Å². The van der Waals surface area contributed by atoms with Crippen LogP contribution in [-0.2, 0) is 9.57 Å². The number of carbonyl (C=O) groups is 1. The molecule has 0 aliphatic carbocycles. The second-order valence-corrected chi connectivity index (χ2v) is 7.25. The maximum atomic E-state index is 12.6. The summed E-state index contributed by atoms with van der Waals surface area (Å²) in [6.07, 6.45) is 3.15. The molecule has 7 heteroatoms. The number of pyridine rings is 1. The van der Waals surface area contributed by atoms with E-state index in [0.717, 1.165) is 16.7 Å². The monoisotopic (exact) mass is 423 g/mol. The molecule has 0 fully saturated rings. The number of ether oxygens (including phenoxy) is 1. The molecule has 1 aromatic heterocycles. The molecule has 3 rings (SSSR count). The van der Waals surface area contributed by atoms with Crippen molar-refractivity contribution in [2.75, 3.05) is 12.4 Å². The molecule has 1 amide bonds. The van der Waals surface area contributed by atoms with Gasteiger partial charge in [0, 0.05) is 38.4 Å². The summed E-state index contributed by atoms with van der Waals surface area (Å²) in [5.74, 6) is -1.10. The first kappa shape index (κ1) is 21.5. The minimum atomic E-state index is -0.787. The van der Waals surface area contributed by atoms with Gasteiger partial charge in [0.15, 0.2) is 0 Å². The fraction of sp³-hybridized carbons (Fsp3) is 0.174. The quantitative estimate of drug-likeness (QED) is 0.239. The predicted octanol–water partition coefficient (Wildman–Crippen LogP) is 5.39. The minimum Gasteiger partial charge on any atom is -0.361 e. The average Bonchev–Trinajstić information content (AvgIpc) is 2.75. The van der Waals surface area contributed by atoms with Crippen molar-refractivity contribution in [2.45, 2.75) is 19.6 Å². The van der Waals surface area contributed by atoms with Gasteiger partial charge >= 0.3 is 0 Å². The predicted molar refractivity (Wildman–Crippen MR) is 119 cm³/mol. The molecule has 0 spiro atoms. The Hall–Kier alpha value is -3.22. The molecular formula is C23H22ClN3O3. The summed E-state index contributed by atoms with van der Waals surface area (Å²) in [5.41, 5.74) is 3.69. The Morgan fingerprint density at radius 1 is 1.10 bits per heavy atom. The van der Waals surface area contributed by atoms with Crippen LogP contribution in [0.5, 0.6) is 0 Å². The number of amides is 1. The lowest BCUT2D eigenvalue weighted by atomic mass is 10.0. The van der Waals surface area contributed by atoms with Crippen LogP contribution in [0.3, 0.4) is 0 Å². The molecule has 0 radical (unpaired) electrons. The largest absolute Gasteiger partial charge is 0.361 e. The van der Waals surface area contributed by atoms with Gasteiger partial charge in [-0.1, -0.05) is 59.2 Å². The van der Waals surface area contributed by atoms with Crippen molar-refractivity contribution < 1.29 is 14.4 Å². The first-order valence-corrected chi connectivity index (χ1v) is 9.65. The topological polar surface area (TPSA) is 72.8 Å². The molecule has 30 heavy (non-hydrogen) atoms. The number of oxime groups is 1. The second-order valence-electron chi connectivity index (χ2n) is 6.89. The minimum absolute atomic E-state index is 0.162. The van der Waals surface area contributed by atoms with Gasteiger partial charge in [0.25, 0.3) is 5.91 Å². The van der Waals surface area contributed by atoms with Crippen molar-refractivity contribution in [1.82, 2.24) is 4.98 Å². The van der Waals surface area contributed by atoms with Crippen LogP contribution in [0.25, 0.3) is 11.1 Å². The number of para-hydroxylation sites is 1. The molecule has 2 aromatic carbocycles. The van der Waals surface area contributed by atoms with Crippen LogP contribution in [0.15, 0.2) is 72.0 Å². The maximum absolute atomic E-state index is 12.6. The average molecular weight is 424 g/mol. The SMILES string of the molecule is COC(C)(C)ON=Cc1ccc(-c2ccccc2NC(=O)c2cccnc2Cl)cc1. The van der Waals surface area contributed by atoms with Gasteiger partial charge in [-0.2, -0.15) is 0 Å². The number of methoxy groups -OCH3 is 1. The molecule has 0 unspecified atom stereocenters. The molecule has 0 atom stereocenters. The van der Waals surface area contributed by atoms with Crippen molar-refractivity contribution >= 4 is 29.4 Å². The molecule has 154 valence electrons. The Kier molecular flexibility index (Phi) is 6.82. The lowest BCUT2D eigenvalue weighted by Gasteiger charge is -2.19. The third kappa shape index (κ3) is 5.43. The standard InChI is InChI=1S/C23H22ClN3O3/c1-23(2,29-3)30-26-15-16-10-12-17(13-11-16)18-7-4-5-9-20(18)27-22(28)19-8-6-14-25-21(19)24/h4-15H,1-3H3,(H,27,28). The molecule has 1 heterocycles. The number of nitrogens with one attached hydrogen (secondary N) is 1. The second kappa shape index (κ2) is 9.52. The van der Waals surface area contributed by atoms with E-state index in [-0.39, 0.29) is 11.1 Å². The van der Waals surface area contributed by atoms with E-state index in [4.69, 9.17) is 21.2 Å². The lowest BCUT2D eigenvalue weighted by molar-refractivity contribution is -0.196. The highest BCUT2D eigenvalue weighted by Gasteiger charge is 2.17. The number of anilines is 1. The maximum Gasteiger partial charge on any atom is 0.258 e. The summed E-state index contributed by atoms with van der Waals surface area (Å²) in [7, 11) is 1.56. The molecule has 0 saturated heterocycles. The normalized spacial score (nSPS) is 11.5. The zero-order valence-corrected chi connectivity index (χ0v) is 17.7. The van der Waals surface area contributed by atoms with E-state index in [2.05, 4.69) is 15.5 Å². The molecule has 3 aromatic rings. The summed E-state index contributed by atoms with van der Waals surface area (Å²) in [5, 5.41) is 7.04. The zero-order valence-electron chi connectivity index (χ0n) is 16.9. The van der Waals surface area contributed by atoms with Crippen molar-refractivity contribution in [3.05, 3.63) is 83.1 Å². The Balaban J connectivity index is 1.78. The van der Waals surface area contributed by atoms with Crippen molar-refractivity contribution in [1.29, 1.82) is 0 Å². The van der Waals surface area contributed by atoms with E-state index in [9.17, 15) is 4.79 Å². The van der Waals surface area contributed by atoms with Crippen LogP contribution in [0.2, 0.25) is 5.15 Å². The molecular weight excluding hydrogens is 402 g/mol. The summed E-state index contributed by atoms with van der Waals surface area (Å²) >= 11 is 6.04.